The highest BCUT2D eigenvalue weighted by atomic mass is 16.2. The third kappa shape index (κ3) is 3.77. The number of rotatable bonds is 3. The van der Waals surface area contributed by atoms with Crippen molar-refractivity contribution < 1.29 is 4.79 Å². The zero-order valence-electron chi connectivity index (χ0n) is 16.9. The highest BCUT2D eigenvalue weighted by Gasteiger charge is 2.24. The summed E-state index contributed by atoms with van der Waals surface area (Å²) >= 11 is 0. The fourth-order valence-corrected chi connectivity index (χ4v) is 4.22. The number of carbonyl (C=O) groups excluding carboxylic acids is 1. The summed E-state index contributed by atoms with van der Waals surface area (Å²) < 4.78 is 0. The van der Waals surface area contributed by atoms with Gasteiger partial charge in [0.05, 0.1) is 11.0 Å². The maximum absolute atomic E-state index is 13.0. The van der Waals surface area contributed by atoms with Gasteiger partial charge in [0, 0.05) is 63.3 Å². The SMILES string of the molecule is O=C(c1ccc2nccnc2c1)N1CCN(c2cc(N3CCCCC3)ncn2)CC1. The Hall–Kier alpha value is -3.29. The van der Waals surface area contributed by atoms with Gasteiger partial charge in [0.2, 0.25) is 0 Å². The molecule has 8 nitrogen and oxygen atoms in total. The van der Waals surface area contributed by atoms with Gasteiger partial charge in [0.15, 0.2) is 0 Å². The van der Waals surface area contributed by atoms with Gasteiger partial charge in [-0.15, -0.1) is 0 Å². The van der Waals surface area contributed by atoms with E-state index in [2.05, 4.69) is 35.8 Å². The Labute approximate surface area is 175 Å². The highest BCUT2D eigenvalue weighted by molar-refractivity contribution is 5.97. The van der Waals surface area contributed by atoms with Crippen LogP contribution in [0, 0.1) is 0 Å². The van der Waals surface area contributed by atoms with Crippen molar-refractivity contribution >= 4 is 28.6 Å². The molecule has 2 aliphatic heterocycles. The maximum atomic E-state index is 13.0. The Morgan fingerprint density at radius 2 is 1.37 bits per heavy atom. The second-order valence-electron chi connectivity index (χ2n) is 7.82. The number of nitrogens with zero attached hydrogens (tertiary/aromatic N) is 7. The molecule has 3 aromatic rings. The Morgan fingerprint density at radius 3 is 2.10 bits per heavy atom. The molecular weight excluding hydrogens is 378 g/mol. The van der Waals surface area contributed by atoms with Crippen LogP contribution in [-0.2, 0) is 0 Å². The molecule has 5 rings (SSSR count). The van der Waals surface area contributed by atoms with Gasteiger partial charge < -0.3 is 14.7 Å². The number of carbonyl (C=O) groups is 1. The predicted molar refractivity (Wildman–Crippen MR) is 116 cm³/mol. The molecule has 2 aliphatic rings. The molecule has 8 heteroatoms. The maximum Gasteiger partial charge on any atom is 0.254 e. The molecule has 2 fully saturated rings. The monoisotopic (exact) mass is 403 g/mol. The molecule has 0 N–H and O–H groups in total. The fraction of sp³-hybridized carbons (Fsp3) is 0.409. The molecule has 0 spiro atoms. The van der Waals surface area contributed by atoms with Crippen molar-refractivity contribution in [2.45, 2.75) is 19.3 Å². The summed E-state index contributed by atoms with van der Waals surface area (Å²) in [7, 11) is 0. The van der Waals surface area contributed by atoms with Crippen LogP contribution in [0.5, 0.6) is 0 Å². The second-order valence-corrected chi connectivity index (χ2v) is 7.82. The Bertz CT molecular complexity index is 1040. The van der Waals surface area contributed by atoms with Crippen molar-refractivity contribution in [3.8, 4) is 0 Å². The van der Waals surface area contributed by atoms with Crippen LogP contribution in [0.4, 0.5) is 11.6 Å². The van der Waals surface area contributed by atoms with Gasteiger partial charge in [-0.3, -0.25) is 14.8 Å². The molecule has 30 heavy (non-hydrogen) atoms. The predicted octanol–water partition coefficient (Wildman–Crippen LogP) is 2.37. The van der Waals surface area contributed by atoms with E-state index < -0.39 is 0 Å². The number of aromatic nitrogens is 4. The average molecular weight is 403 g/mol. The van der Waals surface area contributed by atoms with Crippen molar-refractivity contribution in [1.29, 1.82) is 0 Å². The van der Waals surface area contributed by atoms with Gasteiger partial charge in [0.1, 0.15) is 18.0 Å². The molecule has 0 aliphatic carbocycles. The number of benzene rings is 1. The molecule has 0 bridgehead atoms. The largest absolute Gasteiger partial charge is 0.356 e. The van der Waals surface area contributed by atoms with Crippen molar-refractivity contribution in [3.63, 3.8) is 0 Å². The van der Waals surface area contributed by atoms with Crippen LogP contribution in [0.3, 0.4) is 0 Å². The Morgan fingerprint density at radius 1 is 0.700 bits per heavy atom. The molecule has 4 heterocycles. The number of piperidine rings is 1. The molecule has 0 saturated carbocycles. The quantitative estimate of drug-likeness (QED) is 0.664. The summed E-state index contributed by atoms with van der Waals surface area (Å²) in [6, 6.07) is 7.60. The molecule has 1 aromatic carbocycles. The van der Waals surface area contributed by atoms with E-state index in [1.165, 1.54) is 19.3 Å². The van der Waals surface area contributed by atoms with Crippen molar-refractivity contribution in [1.82, 2.24) is 24.8 Å². The number of piperazine rings is 1. The molecule has 2 aromatic heterocycles. The number of fused-ring (bicyclic) bond motifs is 1. The van der Waals surface area contributed by atoms with E-state index in [1.54, 1.807) is 18.7 Å². The molecule has 0 radical (unpaired) electrons. The first-order valence-corrected chi connectivity index (χ1v) is 10.6. The van der Waals surface area contributed by atoms with E-state index in [0.717, 1.165) is 48.8 Å². The van der Waals surface area contributed by atoms with Crippen molar-refractivity contribution in [2.75, 3.05) is 49.1 Å². The normalized spacial score (nSPS) is 17.4. The Balaban J connectivity index is 1.25. The van der Waals surface area contributed by atoms with Gasteiger partial charge in [-0.25, -0.2) is 9.97 Å². The standard InChI is InChI=1S/C22H25N7O/c30-22(17-4-5-18-19(14-17)24-7-6-23-18)29-12-10-28(11-13-29)21-15-20(25-16-26-21)27-8-2-1-3-9-27/h4-7,14-16H,1-3,8-13H2. The smallest absolute Gasteiger partial charge is 0.254 e. The van der Waals surface area contributed by atoms with Gasteiger partial charge in [-0.2, -0.15) is 0 Å². The van der Waals surface area contributed by atoms with Crippen molar-refractivity contribution in [2.24, 2.45) is 0 Å². The lowest BCUT2D eigenvalue weighted by Gasteiger charge is -2.36. The van der Waals surface area contributed by atoms with E-state index in [9.17, 15) is 4.79 Å². The summed E-state index contributed by atoms with van der Waals surface area (Å²) in [5.74, 6) is 1.99. The molecular formula is C22H25N7O. The lowest BCUT2D eigenvalue weighted by atomic mass is 10.1. The van der Waals surface area contributed by atoms with E-state index in [4.69, 9.17) is 0 Å². The Kier molecular flexibility index (Phi) is 5.13. The third-order valence-electron chi connectivity index (χ3n) is 5.93. The number of hydrogen-bond donors (Lipinski definition) is 0. The zero-order valence-corrected chi connectivity index (χ0v) is 16.9. The molecule has 0 atom stereocenters. The molecule has 0 unspecified atom stereocenters. The van der Waals surface area contributed by atoms with Gasteiger partial charge in [0.25, 0.3) is 5.91 Å². The van der Waals surface area contributed by atoms with Crippen LogP contribution in [0.25, 0.3) is 11.0 Å². The third-order valence-corrected chi connectivity index (χ3v) is 5.93. The number of anilines is 2. The number of amides is 1. The zero-order chi connectivity index (χ0) is 20.3. The minimum atomic E-state index is 0.0406. The van der Waals surface area contributed by atoms with E-state index in [1.807, 2.05) is 23.1 Å². The second kappa shape index (κ2) is 8.22. The van der Waals surface area contributed by atoms with Crippen LogP contribution in [-0.4, -0.2) is 70.0 Å². The fourth-order valence-electron chi connectivity index (χ4n) is 4.22. The van der Waals surface area contributed by atoms with E-state index in [-0.39, 0.29) is 5.91 Å². The average Bonchev–Trinajstić information content (AvgIpc) is 2.84. The first-order valence-electron chi connectivity index (χ1n) is 10.6. The van der Waals surface area contributed by atoms with Crippen LogP contribution < -0.4 is 9.80 Å². The lowest BCUT2D eigenvalue weighted by Crippen LogP contribution is -2.49. The van der Waals surface area contributed by atoms with Crippen LogP contribution in [0.1, 0.15) is 29.6 Å². The number of hydrogen-bond acceptors (Lipinski definition) is 7. The van der Waals surface area contributed by atoms with Crippen LogP contribution >= 0.6 is 0 Å². The van der Waals surface area contributed by atoms with Crippen LogP contribution in [0.15, 0.2) is 43.0 Å². The molecule has 2 saturated heterocycles. The first-order chi connectivity index (χ1) is 14.8. The minimum absolute atomic E-state index is 0.0406. The molecule has 154 valence electrons. The first kappa shape index (κ1) is 18.7. The van der Waals surface area contributed by atoms with Gasteiger partial charge >= 0.3 is 0 Å². The highest BCUT2D eigenvalue weighted by Crippen LogP contribution is 2.22. The van der Waals surface area contributed by atoms with Gasteiger partial charge in [-0.05, 0) is 37.5 Å². The summed E-state index contributed by atoms with van der Waals surface area (Å²) in [6.45, 7) is 4.98. The topological polar surface area (TPSA) is 78.4 Å². The summed E-state index contributed by atoms with van der Waals surface area (Å²) in [5.41, 5.74) is 2.20. The molecule has 1 amide bonds. The summed E-state index contributed by atoms with van der Waals surface area (Å²) in [6.07, 6.45) is 8.71. The minimum Gasteiger partial charge on any atom is -0.356 e. The van der Waals surface area contributed by atoms with Crippen LogP contribution in [0.2, 0.25) is 0 Å². The lowest BCUT2D eigenvalue weighted by molar-refractivity contribution is 0.0746. The van der Waals surface area contributed by atoms with Gasteiger partial charge in [-0.1, -0.05) is 0 Å². The van der Waals surface area contributed by atoms with E-state index in [0.29, 0.717) is 18.7 Å². The summed E-state index contributed by atoms with van der Waals surface area (Å²) in [4.78, 5) is 37.0. The summed E-state index contributed by atoms with van der Waals surface area (Å²) in [5, 5.41) is 0. The van der Waals surface area contributed by atoms with E-state index >= 15 is 0 Å². The van der Waals surface area contributed by atoms with Crippen molar-refractivity contribution in [3.05, 3.63) is 48.5 Å².